The molecule has 1 saturated heterocycles. The second kappa shape index (κ2) is 9.03. The Morgan fingerprint density at radius 1 is 0.758 bits per heavy atom. The molecule has 7 nitrogen and oxygen atoms in total. The van der Waals surface area contributed by atoms with E-state index in [9.17, 15) is 9.59 Å². The van der Waals surface area contributed by atoms with Gasteiger partial charge < -0.3 is 9.64 Å². The third kappa shape index (κ3) is 4.19. The van der Waals surface area contributed by atoms with Crippen molar-refractivity contribution in [3.63, 3.8) is 0 Å². The zero-order valence-corrected chi connectivity index (χ0v) is 18.6. The lowest BCUT2D eigenvalue weighted by atomic mass is 10.1. The lowest BCUT2D eigenvalue weighted by molar-refractivity contribution is 0.0640. The molecule has 0 atom stereocenters. The highest BCUT2D eigenvalue weighted by atomic mass is 16.5. The first kappa shape index (κ1) is 21.2. The number of rotatable bonds is 6. The molecule has 1 fully saturated rings. The minimum absolute atomic E-state index is 0.182. The quantitative estimate of drug-likeness (QED) is 0.546. The monoisotopic (exact) mass is 442 g/mol. The van der Waals surface area contributed by atoms with E-state index in [1.54, 1.807) is 31.4 Å². The maximum Gasteiger partial charge on any atom is 0.261 e. The molecule has 3 heterocycles. The van der Waals surface area contributed by atoms with Crippen LogP contribution in [0.2, 0.25) is 0 Å². The van der Waals surface area contributed by atoms with E-state index in [-0.39, 0.29) is 18.4 Å². The summed E-state index contributed by atoms with van der Waals surface area (Å²) in [6.45, 7) is 4.58. The zero-order valence-electron chi connectivity index (χ0n) is 18.6. The molecular formula is C26H26N4O3. The number of fused-ring (bicyclic) bond motifs is 1. The summed E-state index contributed by atoms with van der Waals surface area (Å²) in [7, 11) is 1.70. The number of para-hydroxylation sites is 2. The van der Waals surface area contributed by atoms with Crippen molar-refractivity contribution in [2.45, 2.75) is 13.1 Å². The minimum Gasteiger partial charge on any atom is -0.495 e. The number of hydrogen-bond donors (Lipinski definition) is 0. The number of amides is 2. The zero-order chi connectivity index (χ0) is 22.8. The number of anilines is 1. The number of nitrogens with zero attached hydrogens (tertiary/aromatic N) is 4. The van der Waals surface area contributed by atoms with Gasteiger partial charge in [-0.3, -0.25) is 24.4 Å². The molecule has 0 saturated carbocycles. The van der Waals surface area contributed by atoms with Crippen LogP contribution in [0.25, 0.3) is 0 Å². The molecule has 0 spiro atoms. The van der Waals surface area contributed by atoms with E-state index >= 15 is 0 Å². The van der Waals surface area contributed by atoms with Crippen LogP contribution in [-0.4, -0.2) is 59.9 Å². The topological polar surface area (TPSA) is 66.0 Å². The second-order valence-electron chi connectivity index (χ2n) is 8.30. The first-order valence-corrected chi connectivity index (χ1v) is 11.1. The Kier molecular flexibility index (Phi) is 5.79. The van der Waals surface area contributed by atoms with Crippen molar-refractivity contribution in [2.24, 2.45) is 0 Å². The fourth-order valence-corrected chi connectivity index (χ4v) is 4.52. The van der Waals surface area contributed by atoms with E-state index < -0.39 is 0 Å². The van der Waals surface area contributed by atoms with Crippen LogP contribution >= 0.6 is 0 Å². The summed E-state index contributed by atoms with van der Waals surface area (Å²) in [5.41, 5.74) is 3.71. The number of imide groups is 1. The number of aromatic nitrogens is 1. The molecule has 0 bridgehead atoms. The van der Waals surface area contributed by atoms with E-state index in [0.717, 1.165) is 55.5 Å². The lowest BCUT2D eigenvalue weighted by Gasteiger charge is -2.36. The first-order valence-electron chi connectivity index (χ1n) is 11.1. The molecule has 0 unspecified atom stereocenters. The van der Waals surface area contributed by atoms with Gasteiger partial charge in [0.2, 0.25) is 0 Å². The van der Waals surface area contributed by atoms with Crippen molar-refractivity contribution in [2.75, 3.05) is 38.2 Å². The summed E-state index contributed by atoms with van der Waals surface area (Å²) in [5.74, 6) is 0.388. The average Bonchev–Trinajstić information content (AvgIpc) is 3.10. The Labute approximate surface area is 193 Å². The van der Waals surface area contributed by atoms with Gasteiger partial charge in [0.15, 0.2) is 0 Å². The largest absolute Gasteiger partial charge is 0.495 e. The van der Waals surface area contributed by atoms with Crippen molar-refractivity contribution >= 4 is 17.5 Å². The van der Waals surface area contributed by atoms with Crippen molar-refractivity contribution in [3.05, 3.63) is 89.2 Å². The summed E-state index contributed by atoms with van der Waals surface area (Å²) in [4.78, 5) is 36.1. The van der Waals surface area contributed by atoms with Crippen LogP contribution in [0.4, 0.5) is 5.69 Å². The van der Waals surface area contributed by atoms with Crippen LogP contribution in [0, 0.1) is 0 Å². The van der Waals surface area contributed by atoms with Gasteiger partial charge in [-0.05, 0) is 36.4 Å². The minimum atomic E-state index is -0.254. The summed E-state index contributed by atoms with van der Waals surface area (Å²) in [5, 5.41) is 0. The van der Waals surface area contributed by atoms with Crippen molar-refractivity contribution in [1.82, 2.24) is 14.8 Å². The van der Waals surface area contributed by atoms with Crippen molar-refractivity contribution in [1.29, 1.82) is 0 Å². The van der Waals surface area contributed by atoms with E-state index in [0.29, 0.717) is 11.1 Å². The van der Waals surface area contributed by atoms with Gasteiger partial charge in [-0.15, -0.1) is 0 Å². The average molecular weight is 443 g/mol. The maximum atomic E-state index is 12.7. The molecule has 2 aromatic carbocycles. The second-order valence-corrected chi connectivity index (χ2v) is 8.30. The molecule has 7 heteroatoms. The Morgan fingerprint density at radius 3 is 2.03 bits per heavy atom. The predicted molar refractivity (Wildman–Crippen MR) is 125 cm³/mol. The number of hydrogen-bond acceptors (Lipinski definition) is 6. The third-order valence-electron chi connectivity index (χ3n) is 6.25. The molecule has 33 heavy (non-hydrogen) atoms. The van der Waals surface area contributed by atoms with E-state index in [2.05, 4.69) is 15.9 Å². The fourth-order valence-electron chi connectivity index (χ4n) is 4.52. The van der Waals surface area contributed by atoms with Crippen LogP contribution in [0.5, 0.6) is 5.75 Å². The van der Waals surface area contributed by atoms with Gasteiger partial charge in [0.05, 0.1) is 41.9 Å². The van der Waals surface area contributed by atoms with Crippen LogP contribution in [0.1, 0.15) is 32.1 Å². The molecule has 3 aromatic rings. The van der Waals surface area contributed by atoms with Crippen LogP contribution in [-0.2, 0) is 13.1 Å². The predicted octanol–water partition coefficient (Wildman–Crippen LogP) is 3.21. The van der Waals surface area contributed by atoms with Gasteiger partial charge in [0.25, 0.3) is 11.8 Å². The van der Waals surface area contributed by atoms with E-state index in [1.165, 1.54) is 4.90 Å². The fraction of sp³-hybridized carbons (Fsp3) is 0.269. The SMILES string of the molecule is COc1ccccc1N1CCN(Cc2cccc(CN3C(=O)c4ccccc4C3=O)n2)CC1. The molecule has 5 rings (SSSR count). The van der Waals surface area contributed by atoms with Crippen LogP contribution in [0.3, 0.4) is 0 Å². The number of benzene rings is 2. The first-order chi connectivity index (χ1) is 16.1. The Hall–Kier alpha value is -3.71. The molecule has 2 aliphatic rings. The highest BCUT2D eigenvalue weighted by Gasteiger charge is 2.35. The van der Waals surface area contributed by atoms with E-state index in [1.807, 2.05) is 36.4 Å². The molecule has 168 valence electrons. The molecular weight excluding hydrogens is 416 g/mol. The van der Waals surface area contributed by atoms with Gasteiger partial charge in [-0.2, -0.15) is 0 Å². The number of pyridine rings is 1. The highest BCUT2D eigenvalue weighted by Crippen LogP contribution is 2.28. The highest BCUT2D eigenvalue weighted by molar-refractivity contribution is 6.21. The Balaban J connectivity index is 1.21. The summed E-state index contributed by atoms with van der Waals surface area (Å²) in [6.07, 6.45) is 0. The Bertz CT molecular complexity index is 1150. The number of ether oxygens (including phenoxy) is 1. The van der Waals surface area contributed by atoms with Crippen LogP contribution < -0.4 is 9.64 Å². The summed E-state index contributed by atoms with van der Waals surface area (Å²) in [6, 6.07) is 20.9. The normalized spacial score (nSPS) is 16.3. The summed E-state index contributed by atoms with van der Waals surface area (Å²) >= 11 is 0. The molecule has 0 aliphatic carbocycles. The maximum absolute atomic E-state index is 12.7. The third-order valence-corrected chi connectivity index (χ3v) is 6.25. The smallest absolute Gasteiger partial charge is 0.261 e. The number of piperazine rings is 1. The molecule has 2 aliphatic heterocycles. The molecule has 0 N–H and O–H groups in total. The standard InChI is InChI=1S/C26H26N4O3/c1-33-24-12-5-4-11-23(24)29-15-13-28(14-16-29)17-19-7-6-8-20(27-19)18-30-25(31)21-9-2-3-10-22(21)26(30)32/h2-12H,13-18H2,1H3. The number of carbonyl (C=O) groups is 2. The number of carbonyl (C=O) groups excluding carboxylic acids is 2. The van der Waals surface area contributed by atoms with Gasteiger partial charge in [-0.25, -0.2) is 0 Å². The van der Waals surface area contributed by atoms with Gasteiger partial charge in [0, 0.05) is 32.7 Å². The molecule has 1 aromatic heterocycles. The van der Waals surface area contributed by atoms with Crippen LogP contribution in [0.15, 0.2) is 66.7 Å². The van der Waals surface area contributed by atoms with Gasteiger partial charge in [-0.1, -0.05) is 30.3 Å². The number of methoxy groups -OCH3 is 1. The lowest BCUT2D eigenvalue weighted by Crippen LogP contribution is -2.46. The van der Waals surface area contributed by atoms with E-state index in [4.69, 9.17) is 9.72 Å². The molecule has 0 radical (unpaired) electrons. The van der Waals surface area contributed by atoms with Crippen molar-refractivity contribution in [3.8, 4) is 5.75 Å². The Morgan fingerprint density at radius 2 is 1.36 bits per heavy atom. The van der Waals surface area contributed by atoms with Gasteiger partial charge >= 0.3 is 0 Å². The van der Waals surface area contributed by atoms with Gasteiger partial charge in [0.1, 0.15) is 5.75 Å². The summed E-state index contributed by atoms with van der Waals surface area (Å²) < 4.78 is 5.51. The van der Waals surface area contributed by atoms with Crippen molar-refractivity contribution < 1.29 is 14.3 Å². The molecule has 2 amide bonds.